The SMILES string of the molecule is CCC(CC)OC(=O)[C@@H](C)N[P@](=O)(OCCOCn1cnc(-c2cnc(N)nc2C)c1)Oc1ccccc1. The summed E-state index contributed by atoms with van der Waals surface area (Å²) >= 11 is 0. The van der Waals surface area contributed by atoms with Gasteiger partial charge in [-0.2, -0.15) is 5.09 Å². The molecule has 38 heavy (non-hydrogen) atoms. The second kappa shape index (κ2) is 14.0. The molecule has 0 amide bonds. The molecular weight excluding hydrogens is 511 g/mol. The number of nitrogen functional groups attached to an aromatic ring is 1. The molecule has 0 aliphatic carbocycles. The summed E-state index contributed by atoms with van der Waals surface area (Å²) in [7, 11) is -3.94. The van der Waals surface area contributed by atoms with E-state index in [9.17, 15) is 9.36 Å². The van der Waals surface area contributed by atoms with Crippen molar-refractivity contribution in [1.82, 2.24) is 24.6 Å². The molecule has 13 heteroatoms. The molecule has 2 aromatic heterocycles. The quantitative estimate of drug-likeness (QED) is 0.161. The first-order chi connectivity index (χ1) is 18.2. The van der Waals surface area contributed by atoms with Crippen LogP contribution < -0.4 is 15.3 Å². The number of carbonyl (C=O) groups excluding carboxylic acids is 1. The smallest absolute Gasteiger partial charge is 0.459 e. The fourth-order valence-corrected chi connectivity index (χ4v) is 4.89. The zero-order chi connectivity index (χ0) is 27.5. The number of hydrogen-bond acceptors (Lipinski definition) is 10. The van der Waals surface area contributed by atoms with Crippen LogP contribution in [-0.2, 0) is 30.1 Å². The molecule has 0 aliphatic heterocycles. The van der Waals surface area contributed by atoms with E-state index >= 15 is 0 Å². The van der Waals surface area contributed by atoms with Crippen LogP contribution in [0.4, 0.5) is 5.95 Å². The van der Waals surface area contributed by atoms with Gasteiger partial charge in [-0.05, 0) is 38.8 Å². The molecule has 206 valence electrons. The first-order valence-electron chi connectivity index (χ1n) is 12.4. The summed E-state index contributed by atoms with van der Waals surface area (Å²) in [6, 6.07) is 7.66. The van der Waals surface area contributed by atoms with Crippen molar-refractivity contribution >= 4 is 19.7 Å². The molecular formula is C25H35N6O6P. The summed E-state index contributed by atoms with van der Waals surface area (Å²) in [6.45, 7) is 7.48. The van der Waals surface area contributed by atoms with E-state index in [0.29, 0.717) is 24.3 Å². The van der Waals surface area contributed by atoms with E-state index in [1.165, 1.54) is 0 Å². The van der Waals surface area contributed by atoms with Crippen molar-refractivity contribution in [3.05, 3.63) is 54.7 Å². The Hall–Kier alpha value is -3.31. The Morgan fingerprint density at radius 3 is 2.58 bits per heavy atom. The molecule has 0 spiro atoms. The molecule has 1 aromatic carbocycles. The van der Waals surface area contributed by atoms with Crippen molar-refractivity contribution in [1.29, 1.82) is 0 Å². The number of nitrogens with zero attached hydrogens (tertiary/aromatic N) is 4. The zero-order valence-corrected chi connectivity index (χ0v) is 23.0. The van der Waals surface area contributed by atoms with E-state index in [4.69, 9.17) is 24.3 Å². The zero-order valence-electron chi connectivity index (χ0n) is 22.1. The number of hydrogen-bond donors (Lipinski definition) is 2. The molecule has 2 atom stereocenters. The van der Waals surface area contributed by atoms with E-state index in [0.717, 1.165) is 11.3 Å². The van der Waals surface area contributed by atoms with Crippen molar-refractivity contribution in [2.24, 2.45) is 0 Å². The maximum absolute atomic E-state index is 13.5. The summed E-state index contributed by atoms with van der Waals surface area (Å²) in [5.41, 5.74) is 7.78. The maximum Gasteiger partial charge on any atom is 0.459 e. The Morgan fingerprint density at radius 2 is 1.89 bits per heavy atom. The molecule has 0 fully saturated rings. The molecule has 3 aromatic rings. The van der Waals surface area contributed by atoms with Crippen LogP contribution >= 0.6 is 7.75 Å². The Morgan fingerprint density at radius 1 is 1.16 bits per heavy atom. The Bertz CT molecular complexity index is 1220. The van der Waals surface area contributed by atoms with Gasteiger partial charge in [0.1, 0.15) is 24.6 Å². The highest BCUT2D eigenvalue weighted by molar-refractivity contribution is 7.52. The van der Waals surface area contributed by atoms with Crippen molar-refractivity contribution in [2.45, 2.75) is 59.4 Å². The number of benzene rings is 1. The Kier molecular flexibility index (Phi) is 10.8. The predicted molar refractivity (Wildman–Crippen MR) is 142 cm³/mol. The van der Waals surface area contributed by atoms with Gasteiger partial charge >= 0.3 is 13.7 Å². The van der Waals surface area contributed by atoms with E-state index < -0.39 is 19.8 Å². The van der Waals surface area contributed by atoms with Gasteiger partial charge in [0.05, 0.1) is 30.9 Å². The average molecular weight is 547 g/mol. The third-order valence-corrected chi connectivity index (χ3v) is 7.18. The third-order valence-electron chi connectivity index (χ3n) is 5.50. The first-order valence-corrected chi connectivity index (χ1v) is 13.9. The van der Waals surface area contributed by atoms with Crippen LogP contribution in [0.25, 0.3) is 11.3 Å². The molecule has 3 rings (SSSR count). The lowest BCUT2D eigenvalue weighted by atomic mass is 10.2. The number of anilines is 1. The topological polar surface area (TPSA) is 153 Å². The lowest BCUT2D eigenvalue weighted by molar-refractivity contribution is -0.151. The number of aryl methyl sites for hydroxylation is 1. The number of rotatable bonds is 15. The second-order valence-electron chi connectivity index (χ2n) is 8.50. The van der Waals surface area contributed by atoms with Crippen LogP contribution in [0.2, 0.25) is 0 Å². The van der Waals surface area contributed by atoms with Gasteiger partial charge in [0.25, 0.3) is 0 Å². The third kappa shape index (κ3) is 8.63. The van der Waals surface area contributed by atoms with Gasteiger partial charge < -0.3 is 24.3 Å². The van der Waals surface area contributed by atoms with E-state index in [1.54, 1.807) is 60.5 Å². The maximum atomic E-state index is 13.5. The van der Waals surface area contributed by atoms with Crippen LogP contribution in [0.3, 0.4) is 0 Å². The van der Waals surface area contributed by atoms with Crippen LogP contribution in [0.1, 0.15) is 39.3 Å². The molecule has 0 aliphatic rings. The Balaban J connectivity index is 1.55. The largest absolute Gasteiger partial charge is 0.461 e. The number of carbonyl (C=O) groups is 1. The molecule has 2 heterocycles. The molecule has 12 nitrogen and oxygen atoms in total. The number of ether oxygens (including phenoxy) is 2. The number of nitrogens with two attached hydrogens (primary N) is 1. The highest BCUT2D eigenvalue weighted by Gasteiger charge is 2.32. The van der Waals surface area contributed by atoms with Crippen LogP contribution in [-0.4, -0.2) is 50.8 Å². The van der Waals surface area contributed by atoms with Gasteiger partial charge in [0, 0.05) is 18.0 Å². The molecule has 0 saturated carbocycles. The fourth-order valence-electron chi connectivity index (χ4n) is 3.41. The standard InChI is InChI=1S/C25H35N6O6P/c1-5-20(6-2)36-24(32)19(4)30-38(33,37-21-10-8-7-9-11-21)35-13-12-34-17-31-15-23(28-16-31)22-14-27-25(26)29-18(22)3/h7-11,14-16,19-20H,5-6,12-13,17H2,1-4H3,(H,30,33)(H2,26,27,29)/t19-,38+/m1/s1. The van der Waals surface area contributed by atoms with Crippen molar-refractivity contribution in [3.8, 4) is 17.0 Å². The van der Waals surface area contributed by atoms with Gasteiger partial charge in [-0.1, -0.05) is 32.0 Å². The van der Waals surface area contributed by atoms with Gasteiger partial charge in [0.15, 0.2) is 0 Å². The van der Waals surface area contributed by atoms with Crippen molar-refractivity contribution in [2.75, 3.05) is 18.9 Å². The van der Waals surface area contributed by atoms with Crippen LogP contribution in [0, 0.1) is 6.92 Å². The lowest BCUT2D eigenvalue weighted by Crippen LogP contribution is -2.37. The highest BCUT2D eigenvalue weighted by atomic mass is 31.2. The lowest BCUT2D eigenvalue weighted by Gasteiger charge is -2.24. The van der Waals surface area contributed by atoms with E-state index in [-0.39, 0.29) is 32.0 Å². The average Bonchev–Trinajstić information content (AvgIpc) is 3.35. The van der Waals surface area contributed by atoms with Crippen LogP contribution in [0.5, 0.6) is 5.75 Å². The minimum absolute atomic E-state index is 0.0577. The van der Waals surface area contributed by atoms with Crippen LogP contribution in [0.15, 0.2) is 49.1 Å². The normalized spacial score (nSPS) is 13.7. The molecule has 0 saturated heterocycles. The predicted octanol–water partition coefficient (Wildman–Crippen LogP) is 4.12. The van der Waals surface area contributed by atoms with E-state index in [2.05, 4.69) is 20.0 Å². The van der Waals surface area contributed by atoms with E-state index in [1.807, 2.05) is 20.8 Å². The fraction of sp³-hybridized carbons (Fsp3) is 0.440. The first kappa shape index (κ1) is 29.2. The highest BCUT2D eigenvalue weighted by Crippen LogP contribution is 2.44. The molecule has 3 N–H and O–H groups in total. The summed E-state index contributed by atoms with van der Waals surface area (Å²) < 4.78 is 37.6. The summed E-state index contributed by atoms with van der Waals surface area (Å²) in [5, 5.41) is 2.68. The van der Waals surface area contributed by atoms with Gasteiger partial charge in [0.2, 0.25) is 5.95 Å². The number of nitrogens with one attached hydrogen (secondary N) is 1. The summed E-state index contributed by atoms with van der Waals surface area (Å²) in [5.74, 6) is 0.000208. The number of esters is 1. The number of aromatic nitrogens is 4. The molecule has 0 unspecified atom stereocenters. The second-order valence-corrected chi connectivity index (χ2v) is 10.2. The number of imidazole rings is 1. The minimum Gasteiger partial charge on any atom is -0.461 e. The minimum atomic E-state index is -3.94. The van der Waals surface area contributed by atoms with Gasteiger partial charge in [-0.3, -0.25) is 9.32 Å². The monoisotopic (exact) mass is 546 g/mol. The van der Waals surface area contributed by atoms with Crippen molar-refractivity contribution in [3.63, 3.8) is 0 Å². The Labute approximate surface area is 222 Å². The van der Waals surface area contributed by atoms with Crippen molar-refractivity contribution < 1.29 is 27.9 Å². The molecule has 0 radical (unpaired) electrons. The van der Waals surface area contributed by atoms with Gasteiger partial charge in [-0.25, -0.2) is 19.5 Å². The van der Waals surface area contributed by atoms with Gasteiger partial charge in [-0.15, -0.1) is 0 Å². The number of para-hydroxylation sites is 1. The molecule has 0 bridgehead atoms. The summed E-state index contributed by atoms with van der Waals surface area (Å²) in [6.07, 6.45) is 6.19. The summed E-state index contributed by atoms with van der Waals surface area (Å²) in [4.78, 5) is 25.0.